The zero-order chi connectivity index (χ0) is 12.4. The fourth-order valence-corrected chi connectivity index (χ4v) is 1.86. The van der Waals surface area contributed by atoms with E-state index in [4.69, 9.17) is 0 Å². The van der Waals surface area contributed by atoms with Gasteiger partial charge in [0, 0.05) is 12.7 Å². The van der Waals surface area contributed by atoms with Crippen molar-refractivity contribution in [2.24, 2.45) is 0 Å². The van der Waals surface area contributed by atoms with Gasteiger partial charge in [-0.1, -0.05) is 0 Å². The van der Waals surface area contributed by atoms with Crippen LogP contribution in [0.3, 0.4) is 0 Å². The summed E-state index contributed by atoms with van der Waals surface area (Å²) in [6.07, 6.45) is 1.88. The number of anilines is 1. The van der Waals surface area contributed by atoms with Crippen molar-refractivity contribution in [3.05, 3.63) is 40.4 Å². The molecule has 0 atom stereocenters. The summed E-state index contributed by atoms with van der Waals surface area (Å²) < 4.78 is 15.8. The number of hydrogen-bond donors (Lipinski definition) is 1. The first-order valence-electron chi connectivity index (χ1n) is 5.37. The highest BCUT2D eigenvalue weighted by molar-refractivity contribution is 9.10. The molecule has 0 aliphatic rings. The lowest BCUT2D eigenvalue weighted by Crippen LogP contribution is -2.05. The molecule has 1 heterocycles. The van der Waals surface area contributed by atoms with Gasteiger partial charge < -0.3 is 5.32 Å². The first-order valence-corrected chi connectivity index (χ1v) is 6.16. The molecule has 0 radical (unpaired) electrons. The molecule has 2 aromatic rings. The monoisotopic (exact) mass is 297 g/mol. The lowest BCUT2D eigenvalue weighted by Gasteiger charge is -2.08. The number of halogens is 2. The van der Waals surface area contributed by atoms with Gasteiger partial charge in [-0.15, -0.1) is 0 Å². The fourth-order valence-electron chi connectivity index (χ4n) is 1.61. The third-order valence-electron chi connectivity index (χ3n) is 2.34. The van der Waals surface area contributed by atoms with Crippen LogP contribution in [0.2, 0.25) is 0 Å². The summed E-state index contributed by atoms with van der Waals surface area (Å²) in [5.41, 5.74) is 1.64. The molecule has 1 aromatic carbocycles. The molecule has 0 amide bonds. The van der Waals surface area contributed by atoms with Crippen molar-refractivity contribution in [1.29, 1.82) is 0 Å². The number of imidazole rings is 1. The third kappa shape index (κ3) is 2.49. The van der Waals surface area contributed by atoms with Gasteiger partial charge in [0.2, 0.25) is 5.95 Å². The average molecular weight is 298 g/mol. The molecule has 2 rings (SSSR count). The molecular formula is C12H13BrFN3. The predicted octanol–water partition coefficient (Wildman–Crippen LogP) is 3.51. The molecule has 1 aromatic heterocycles. The molecule has 5 heteroatoms. The minimum atomic E-state index is -0.281. The summed E-state index contributed by atoms with van der Waals surface area (Å²) in [6.45, 7) is 4.68. The molecule has 3 nitrogen and oxygen atoms in total. The maximum absolute atomic E-state index is 13.5. The van der Waals surface area contributed by atoms with Gasteiger partial charge in [0.05, 0.1) is 15.9 Å². The van der Waals surface area contributed by atoms with Crippen molar-refractivity contribution in [3.63, 3.8) is 0 Å². The van der Waals surface area contributed by atoms with Crippen LogP contribution >= 0.6 is 15.9 Å². The van der Waals surface area contributed by atoms with Crippen LogP contribution in [0.1, 0.15) is 12.6 Å². The van der Waals surface area contributed by atoms with Gasteiger partial charge in [-0.05, 0) is 48.0 Å². The fraction of sp³-hybridized carbons (Fsp3) is 0.250. The SMILES string of the molecule is CCNc1nc(C)cn1-c1ccc(Br)c(F)c1. The molecule has 90 valence electrons. The number of aryl methyl sites for hydroxylation is 1. The zero-order valence-corrected chi connectivity index (χ0v) is 11.3. The van der Waals surface area contributed by atoms with Crippen LogP contribution in [0.4, 0.5) is 10.3 Å². The molecule has 0 aliphatic carbocycles. The second-order valence-corrected chi connectivity index (χ2v) is 4.56. The molecule has 0 spiro atoms. The van der Waals surface area contributed by atoms with Crippen LogP contribution in [0.15, 0.2) is 28.9 Å². The van der Waals surface area contributed by atoms with Crippen molar-refractivity contribution in [2.45, 2.75) is 13.8 Å². The summed E-state index contributed by atoms with van der Waals surface area (Å²) in [7, 11) is 0. The average Bonchev–Trinajstić information content (AvgIpc) is 2.64. The van der Waals surface area contributed by atoms with Crippen molar-refractivity contribution in [1.82, 2.24) is 9.55 Å². The minimum Gasteiger partial charge on any atom is -0.356 e. The standard InChI is InChI=1S/C12H13BrFN3/c1-3-15-12-16-8(2)7-17(12)9-4-5-10(13)11(14)6-9/h4-7H,3H2,1-2H3,(H,15,16). The van der Waals surface area contributed by atoms with Crippen molar-refractivity contribution >= 4 is 21.9 Å². The highest BCUT2D eigenvalue weighted by Crippen LogP contribution is 2.22. The number of nitrogens with one attached hydrogen (secondary N) is 1. The van der Waals surface area contributed by atoms with Crippen LogP contribution in [-0.4, -0.2) is 16.1 Å². The van der Waals surface area contributed by atoms with Crippen molar-refractivity contribution in [3.8, 4) is 5.69 Å². The van der Waals surface area contributed by atoms with Crippen LogP contribution in [0.25, 0.3) is 5.69 Å². The van der Waals surface area contributed by atoms with Gasteiger partial charge in [-0.25, -0.2) is 9.37 Å². The summed E-state index contributed by atoms with van der Waals surface area (Å²) in [5, 5.41) is 3.15. The van der Waals surface area contributed by atoms with E-state index < -0.39 is 0 Å². The van der Waals surface area contributed by atoms with E-state index in [0.29, 0.717) is 4.47 Å². The van der Waals surface area contributed by atoms with E-state index in [-0.39, 0.29) is 5.82 Å². The smallest absolute Gasteiger partial charge is 0.207 e. The Balaban J connectivity index is 2.47. The van der Waals surface area contributed by atoms with E-state index in [2.05, 4.69) is 26.2 Å². The van der Waals surface area contributed by atoms with E-state index in [1.165, 1.54) is 6.07 Å². The number of hydrogen-bond acceptors (Lipinski definition) is 2. The summed E-state index contributed by atoms with van der Waals surface area (Å²) in [5.74, 6) is 0.447. The maximum atomic E-state index is 13.5. The van der Waals surface area contributed by atoms with E-state index in [1.54, 1.807) is 6.07 Å². The highest BCUT2D eigenvalue weighted by atomic mass is 79.9. The number of aromatic nitrogens is 2. The molecule has 17 heavy (non-hydrogen) atoms. The normalized spacial score (nSPS) is 10.6. The van der Waals surface area contributed by atoms with Crippen LogP contribution in [0, 0.1) is 12.7 Å². The highest BCUT2D eigenvalue weighted by Gasteiger charge is 2.08. The van der Waals surface area contributed by atoms with E-state index in [1.807, 2.05) is 30.7 Å². The summed E-state index contributed by atoms with van der Waals surface area (Å²) in [6, 6.07) is 5.01. The van der Waals surface area contributed by atoms with Gasteiger partial charge in [-0.3, -0.25) is 4.57 Å². The molecule has 0 fully saturated rings. The second kappa shape index (κ2) is 4.87. The van der Waals surface area contributed by atoms with E-state index in [0.717, 1.165) is 23.9 Å². The molecular weight excluding hydrogens is 285 g/mol. The Labute approximate surface area is 108 Å². The lowest BCUT2D eigenvalue weighted by molar-refractivity contribution is 0.620. The van der Waals surface area contributed by atoms with Crippen molar-refractivity contribution < 1.29 is 4.39 Å². The summed E-state index contributed by atoms with van der Waals surface area (Å²) in [4.78, 5) is 4.35. The topological polar surface area (TPSA) is 29.9 Å². The molecule has 0 bridgehead atoms. The first kappa shape index (κ1) is 12.1. The Hall–Kier alpha value is -1.36. The van der Waals surface area contributed by atoms with Crippen LogP contribution in [-0.2, 0) is 0 Å². The molecule has 0 unspecified atom stereocenters. The van der Waals surface area contributed by atoms with Gasteiger partial charge in [-0.2, -0.15) is 0 Å². The zero-order valence-electron chi connectivity index (χ0n) is 9.67. The Bertz CT molecular complexity index is 537. The quantitative estimate of drug-likeness (QED) is 0.939. The Morgan fingerprint density at radius 2 is 2.24 bits per heavy atom. The Kier molecular flexibility index (Phi) is 3.47. The molecule has 0 saturated carbocycles. The third-order valence-corrected chi connectivity index (χ3v) is 2.99. The lowest BCUT2D eigenvalue weighted by atomic mass is 10.3. The molecule has 0 saturated heterocycles. The first-order chi connectivity index (χ1) is 8.11. The van der Waals surface area contributed by atoms with Gasteiger partial charge in [0.1, 0.15) is 5.82 Å². The largest absolute Gasteiger partial charge is 0.356 e. The minimum absolute atomic E-state index is 0.281. The number of rotatable bonds is 3. The maximum Gasteiger partial charge on any atom is 0.207 e. The van der Waals surface area contributed by atoms with Crippen molar-refractivity contribution in [2.75, 3.05) is 11.9 Å². The van der Waals surface area contributed by atoms with E-state index >= 15 is 0 Å². The Morgan fingerprint density at radius 1 is 1.47 bits per heavy atom. The summed E-state index contributed by atoms with van der Waals surface area (Å²) >= 11 is 3.14. The van der Waals surface area contributed by atoms with Gasteiger partial charge >= 0.3 is 0 Å². The molecule has 0 aliphatic heterocycles. The second-order valence-electron chi connectivity index (χ2n) is 3.70. The van der Waals surface area contributed by atoms with Crippen LogP contribution < -0.4 is 5.32 Å². The number of benzene rings is 1. The Morgan fingerprint density at radius 3 is 2.88 bits per heavy atom. The van der Waals surface area contributed by atoms with Crippen LogP contribution in [0.5, 0.6) is 0 Å². The number of nitrogens with zero attached hydrogens (tertiary/aromatic N) is 2. The van der Waals surface area contributed by atoms with Gasteiger partial charge in [0.25, 0.3) is 0 Å². The molecule has 1 N–H and O–H groups in total. The predicted molar refractivity (Wildman–Crippen MR) is 70.1 cm³/mol. The van der Waals surface area contributed by atoms with Gasteiger partial charge in [0.15, 0.2) is 0 Å². The van der Waals surface area contributed by atoms with E-state index in [9.17, 15) is 4.39 Å².